The first-order valence-corrected chi connectivity index (χ1v) is 4.36. The van der Waals surface area contributed by atoms with Crippen LogP contribution in [-0.2, 0) is 4.74 Å². The Kier molecular flexibility index (Phi) is 2.26. The van der Waals surface area contributed by atoms with Crippen molar-refractivity contribution in [2.24, 2.45) is 5.41 Å². The van der Waals surface area contributed by atoms with Gasteiger partial charge in [0.05, 0.1) is 12.2 Å². The van der Waals surface area contributed by atoms with Gasteiger partial charge in [-0.05, 0) is 13.5 Å². The maximum absolute atomic E-state index is 5.52. The summed E-state index contributed by atoms with van der Waals surface area (Å²) >= 11 is 0. The van der Waals surface area contributed by atoms with E-state index in [1.54, 1.807) is 0 Å². The molecule has 1 atom stereocenters. The highest BCUT2D eigenvalue weighted by Crippen LogP contribution is 2.46. The molecule has 0 bridgehead atoms. The fourth-order valence-corrected chi connectivity index (χ4v) is 1.76. The van der Waals surface area contributed by atoms with Gasteiger partial charge in [-0.1, -0.05) is 20.8 Å². The Bertz CT molecular complexity index is 138. The van der Waals surface area contributed by atoms with Gasteiger partial charge in [0, 0.05) is 12.0 Å². The molecule has 2 nitrogen and oxygen atoms in total. The van der Waals surface area contributed by atoms with E-state index in [1.165, 1.54) is 0 Å². The average molecular weight is 157 g/mol. The van der Waals surface area contributed by atoms with Gasteiger partial charge in [0.25, 0.3) is 0 Å². The van der Waals surface area contributed by atoms with E-state index in [-0.39, 0.29) is 11.0 Å². The second kappa shape index (κ2) is 2.76. The molecule has 0 aliphatic carbocycles. The molecule has 11 heavy (non-hydrogen) atoms. The third-order valence-corrected chi connectivity index (χ3v) is 2.92. The van der Waals surface area contributed by atoms with E-state index < -0.39 is 0 Å². The molecule has 66 valence electrons. The van der Waals surface area contributed by atoms with Crippen molar-refractivity contribution in [2.45, 2.75) is 32.8 Å². The minimum Gasteiger partial charge on any atom is -0.369 e. The summed E-state index contributed by atoms with van der Waals surface area (Å²) in [6.45, 7) is 8.70. The second-order valence-electron chi connectivity index (χ2n) is 4.05. The van der Waals surface area contributed by atoms with Crippen LogP contribution in [0.3, 0.4) is 0 Å². The zero-order valence-electron chi connectivity index (χ0n) is 8.03. The van der Waals surface area contributed by atoms with Crippen LogP contribution in [0.25, 0.3) is 0 Å². The van der Waals surface area contributed by atoms with Gasteiger partial charge >= 0.3 is 0 Å². The summed E-state index contributed by atoms with van der Waals surface area (Å²) in [7, 11) is 1.99. The topological polar surface area (TPSA) is 24.6 Å². The van der Waals surface area contributed by atoms with E-state index in [0.29, 0.717) is 0 Å². The fraction of sp³-hybridized carbons (Fsp3) is 1.00. The Balaban J connectivity index is 2.56. The SMILES string of the molecule is CC[C@]1(C(C)(C)CNC)CO1. The smallest absolute Gasteiger partial charge is 0.0976 e. The van der Waals surface area contributed by atoms with Gasteiger partial charge in [-0.25, -0.2) is 0 Å². The lowest BCUT2D eigenvalue weighted by atomic mass is 9.77. The van der Waals surface area contributed by atoms with Gasteiger partial charge in [-0.3, -0.25) is 0 Å². The molecule has 1 aliphatic rings. The van der Waals surface area contributed by atoms with Crippen molar-refractivity contribution in [2.75, 3.05) is 20.2 Å². The average Bonchev–Trinajstić information content (AvgIpc) is 2.66. The minimum absolute atomic E-state index is 0.177. The number of hydrogen-bond acceptors (Lipinski definition) is 2. The zero-order chi connectivity index (χ0) is 8.54. The molecule has 0 unspecified atom stereocenters. The highest BCUT2D eigenvalue weighted by Gasteiger charge is 2.54. The molecule has 0 saturated carbocycles. The number of hydrogen-bond donors (Lipinski definition) is 1. The van der Waals surface area contributed by atoms with E-state index in [9.17, 15) is 0 Å². The van der Waals surface area contributed by atoms with Crippen LogP contribution in [0.5, 0.6) is 0 Å². The van der Waals surface area contributed by atoms with Gasteiger partial charge < -0.3 is 10.1 Å². The maximum Gasteiger partial charge on any atom is 0.0976 e. The lowest BCUT2D eigenvalue weighted by molar-refractivity contribution is 0.132. The monoisotopic (exact) mass is 157 g/mol. The predicted octanol–water partition coefficient (Wildman–Crippen LogP) is 1.41. The van der Waals surface area contributed by atoms with Gasteiger partial charge in [-0.2, -0.15) is 0 Å². The summed E-state index contributed by atoms with van der Waals surface area (Å²) in [6.07, 6.45) is 1.13. The van der Waals surface area contributed by atoms with Crippen LogP contribution < -0.4 is 5.32 Å². The Morgan fingerprint density at radius 3 is 2.36 bits per heavy atom. The number of epoxide rings is 1. The molecular formula is C9H19NO. The van der Waals surface area contributed by atoms with E-state index in [1.807, 2.05) is 7.05 Å². The molecule has 2 heteroatoms. The van der Waals surface area contributed by atoms with E-state index in [0.717, 1.165) is 19.6 Å². The summed E-state index contributed by atoms with van der Waals surface area (Å²) in [5.74, 6) is 0. The van der Waals surface area contributed by atoms with Crippen LogP contribution in [0.1, 0.15) is 27.2 Å². The molecule has 0 aromatic carbocycles. The van der Waals surface area contributed by atoms with Crippen LogP contribution in [0.15, 0.2) is 0 Å². The number of nitrogens with one attached hydrogen (secondary N) is 1. The second-order valence-corrected chi connectivity index (χ2v) is 4.05. The van der Waals surface area contributed by atoms with Crippen LogP contribution in [-0.4, -0.2) is 25.8 Å². The third-order valence-electron chi connectivity index (χ3n) is 2.92. The molecule has 0 amide bonds. The molecule has 1 fully saturated rings. The molecule has 1 rings (SSSR count). The third kappa shape index (κ3) is 1.42. The lowest BCUT2D eigenvalue weighted by Gasteiger charge is -2.30. The van der Waals surface area contributed by atoms with Crippen molar-refractivity contribution < 1.29 is 4.74 Å². The number of rotatable bonds is 4. The lowest BCUT2D eigenvalue weighted by Crippen LogP contribution is -2.40. The standard InChI is InChI=1S/C9H19NO/c1-5-9(7-11-9)8(2,3)6-10-4/h10H,5-7H2,1-4H3/t9-/m1/s1. The molecule has 0 spiro atoms. The van der Waals surface area contributed by atoms with Crippen LogP contribution >= 0.6 is 0 Å². The van der Waals surface area contributed by atoms with E-state index >= 15 is 0 Å². The Morgan fingerprint density at radius 1 is 1.55 bits per heavy atom. The minimum atomic E-state index is 0.177. The quantitative estimate of drug-likeness (QED) is 0.624. The molecule has 1 N–H and O–H groups in total. The first-order valence-electron chi connectivity index (χ1n) is 4.36. The van der Waals surface area contributed by atoms with Gasteiger partial charge in [-0.15, -0.1) is 0 Å². The fourth-order valence-electron chi connectivity index (χ4n) is 1.76. The van der Waals surface area contributed by atoms with Gasteiger partial charge in [0.15, 0.2) is 0 Å². The summed E-state index contributed by atoms with van der Waals surface area (Å²) < 4.78 is 5.52. The Labute approximate surface area is 69.3 Å². The Hall–Kier alpha value is -0.0800. The molecule has 0 aromatic rings. The predicted molar refractivity (Wildman–Crippen MR) is 46.7 cm³/mol. The largest absolute Gasteiger partial charge is 0.369 e. The van der Waals surface area contributed by atoms with Crippen LogP contribution in [0.2, 0.25) is 0 Å². The normalized spacial score (nSPS) is 30.5. The zero-order valence-corrected chi connectivity index (χ0v) is 8.03. The first-order chi connectivity index (χ1) is 5.08. The maximum atomic E-state index is 5.52. The molecule has 0 aromatic heterocycles. The van der Waals surface area contributed by atoms with Crippen molar-refractivity contribution in [3.8, 4) is 0 Å². The highest BCUT2D eigenvalue weighted by molar-refractivity contribution is 5.03. The van der Waals surface area contributed by atoms with Crippen molar-refractivity contribution >= 4 is 0 Å². The molecule has 1 saturated heterocycles. The number of ether oxygens (including phenoxy) is 1. The van der Waals surface area contributed by atoms with Crippen molar-refractivity contribution in [1.82, 2.24) is 5.32 Å². The molecule has 0 radical (unpaired) electrons. The van der Waals surface area contributed by atoms with Gasteiger partial charge in [0.2, 0.25) is 0 Å². The summed E-state index contributed by atoms with van der Waals surface area (Å²) in [5.41, 5.74) is 0.451. The van der Waals surface area contributed by atoms with Crippen molar-refractivity contribution in [3.63, 3.8) is 0 Å². The van der Waals surface area contributed by atoms with Crippen molar-refractivity contribution in [3.05, 3.63) is 0 Å². The van der Waals surface area contributed by atoms with Crippen LogP contribution in [0, 0.1) is 5.41 Å². The Morgan fingerprint density at radius 2 is 2.09 bits per heavy atom. The summed E-state index contributed by atoms with van der Waals surface area (Å²) in [5, 5.41) is 3.21. The van der Waals surface area contributed by atoms with Crippen molar-refractivity contribution in [1.29, 1.82) is 0 Å². The van der Waals surface area contributed by atoms with E-state index in [4.69, 9.17) is 4.74 Å². The van der Waals surface area contributed by atoms with Gasteiger partial charge in [0.1, 0.15) is 0 Å². The molecule has 1 aliphatic heterocycles. The van der Waals surface area contributed by atoms with E-state index in [2.05, 4.69) is 26.1 Å². The summed E-state index contributed by atoms with van der Waals surface area (Å²) in [6, 6.07) is 0. The first kappa shape index (κ1) is 9.01. The molecule has 1 heterocycles. The van der Waals surface area contributed by atoms with Crippen LogP contribution in [0.4, 0.5) is 0 Å². The molecular weight excluding hydrogens is 138 g/mol. The highest BCUT2D eigenvalue weighted by atomic mass is 16.6. The summed E-state index contributed by atoms with van der Waals surface area (Å²) in [4.78, 5) is 0.